The zero-order chi connectivity index (χ0) is 13.7. The topological polar surface area (TPSA) is 58.5 Å². The monoisotopic (exact) mass is 316 g/mol. The normalized spacial score (nSPS) is 9.53. The smallest absolute Gasteiger partial charge is 0.255 e. The average Bonchev–Trinajstić information content (AvgIpc) is 2.43. The van der Waals surface area contributed by atoms with E-state index in [4.69, 9.17) is 0 Å². The van der Waals surface area contributed by atoms with Crippen LogP contribution in [0.4, 0.5) is 11.4 Å². The van der Waals surface area contributed by atoms with E-state index >= 15 is 0 Å². The molecule has 2 rings (SSSR count). The van der Waals surface area contributed by atoms with Gasteiger partial charge in [0.2, 0.25) is 6.08 Å². The van der Waals surface area contributed by atoms with Crippen LogP contribution in [-0.2, 0) is 4.79 Å². The lowest BCUT2D eigenvalue weighted by Crippen LogP contribution is -2.11. The SMILES string of the molecule is O=C=Nc1ccc(NC(=O)c2ccccc2)c(Br)c1. The predicted octanol–water partition coefficient (Wildman–Crippen LogP) is 3.67. The van der Waals surface area contributed by atoms with Crippen molar-refractivity contribution in [1.29, 1.82) is 0 Å². The lowest BCUT2D eigenvalue weighted by Gasteiger charge is -2.07. The molecule has 94 valence electrons. The molecule has 1 N–H and O–H groups in total. The highest BCUT2D eigenvalue weighted by Gasteiger charge is 2.08. The number of aliphatic imine (C=N–C) groups is 1. The summed E-state index contributed by atoms with van der Waals surface area (Å²) in [4.78, 5) is 25.6. The van der Waals surface area contributed by atoms with Crippen LogP contribution in [0.5, 0.6) is 0 Å². The van der Waals surface area contributed by atoms with Gasteiger partial charge in [-0.3, -0.25) is 4.79 Å². The summed E-state index contributed by atoms with van der Waals surface area (Å²) < 4.78 is 0.647. The van der Waals surface area contributed by atoms with Crippen molar-refractivity contribution >= 4 is 39.3 Å². The van der Waals surface area contributed by atoms with Crippen LogP contribution < -0.4 is 5.32 Å². The number of rotatable bonds is 3. The largest absolute Gasteiger partial charge is 0.321 e. The molecule has 0 bridgehead atoms. The first-order valence-electron chi connectivity index (χ1n) is 5.44. The van der Waals surface area contributed by atoms with Crippen LogP contribution >= 0.6 is 15.9 Å². The molecule has 2 aromatic rings. The molecule has 4 nitrogen and oxygen atoms in total. The molecule has 0 aromatic heterocycles. The number of halogens is 1. The molecule has 0 aliphatic rings. The third kappa shape index (κ3) is 3.37. The van der Waals surface area contributed by atoms with Crippen molar-refractivity contribution in [1.82, 2.24) is 0 Å². The Morgan fingerprint density at radius 1 is 1.16 bits per heavy atom. The third-order valence-electron chi connectivity index (χ3n) is 2.41. The highest BCUT2D eigenvalue weighted by Crippen LogP contribution is 2.27. The van der Waals surface area contributed by atoms with Crippen molar-refractivity contribution in [2.45, 2.75) is 0 Å². The van der Waals surface area contributed by atoms with Gasteiger partial charge in [-0.1, -0.05) is 18.2 Å². The molecule has 0 spiro atoms. The lowest BCUT2D eigenvalue weighted by atomic mass is 10.2. The van der Waals surface area contributed by atoms with E-state index in [0.29, 0.717) is 21.4 Å². The second-order valence-corrected chi connectivity index (χ2v) is 4.54. The molecule has 0 atom stereocenters. The second kappa shape index (κ2) is 6.09. The summed E-state index contributed by atoms with van der Waals surface area (Å²) in [5.41, 5.74) is 1.66. The number of amides is 1. The summed E-state index contributed by atoms with van der Waals surface area (Å²) in [5, 5.41) is 2.77. The number of nitrogens with one attached hydrogen (secondary N) is 1. The van der Waals surface area contributed by atoms with Gasteiger partial charge in [-0.25, -0.2) is 4.79 Å². The van der Waals surface area contributed by atoms with Crippen molar-refractivity contribution in [3.05, 3.63) is 58.6 Å². The van der Waals surface area contributed by atoms with Crippen LogP contribution in [0, 0.1) is 0 Å². The average molecular weight is 317 g/mol. The van der Waals surface area contributed by atoms with E-state index in [1.54, 1.807) is 42.5 Å². The van der Waals surface area contributed by atoms with Crippen LogP contribution in [0.15, 0.2) is 58.0 Å². The van der Waals surface area contributed by atoms with Crippen LogP contribution in [0.3, 0.4) is 0 Å². The van der Waals surface area contributed by atoms with E-state index in [9.17, 15) is 9.59 Å². The number of isocyanates is 1. The molecule has 0 aliphatic carbocycles. The Morgan fingerprint density at radius 2 is 1.89 bits per heavy atom. The minimum atomic E-state index is -0.201. The Balaban J connectivity index is 2.20. The van der Waals surface area contributed by atoms with E-state index < -0.39 is 0 Å². The Labute approximate surface area is 118 Å². The van der Waals surface area contributed by atoms with Gasteiger partial charge in [-0.05, 0) is 46.3 Å². The molecular weight excluding hydrogens is 308 g/mol. The van der Waals surface area contributed by atoms with Gasteiger partial charge in [0.05, 0.1) is 11.4 Å². The quantitative estimate of drug-likeness (QED) is 0.693. The molecule has 0 heterocycles. The number of hydrogen-bond donors (Lipinski definition) is 1. The minimum absolute atomic E-state index is 0.201. The first-order chi connectivity index (χ1) is 9.20. The molecule has 0 fully saturated rings. The predicted molar refractivity (Wildman–Crippen MR) is 76.3 cm³/mol. The Kier molecular flexibility index (Phi) is 4.23. The fraction of sp³-hybridized carbons (Fsp3) is 0. The van der Waals surface area contributed by atoms with E-state index in [1.165, 1.54) is 6.08 Å². The van der Waals surface area contributed by atoms with Gasteiger partial charge in [-0.15, -0.1) is 0 Å². The number of nitrogens with zero attached hydrogens (tertiary/aromatic N) is 1. The van der Waals surface area contributed by atoms with E-state index in [-0.39, 0.29) is 5.91 Å². The van der Waals surface area contributed by atoms with Gasteiger partial charge in [0.15, 0.2) is 0 Å². The highest BCUT2D eigenvalue weighted by molar-refractivity contribution is 9.10. The van der Waals surface area contributed by atoms with Gasteiger partial charge >= 0.3 is 0 Å². The van der Waals surface area contributed by atoms with Crippen molar-refractivity contribution in [2.75, 3.05) is 5.32 Å². The third-order valence-corrected chi connectivity index (χ3v) is 3.07. The maximum Gasteiger partial charge on any atom is 0.255 e. The number of hydrogen-bond acceptors (Lipinski definition) is 3. The molecule has 0 radical (unpaired) electrons. The minimum Gasteiger partial charge on any atom is -0.321 e. The fourth-order valence-corrected chi connectivity index (χ4v) is 1.98. The summed E-state index contributed by atoms with van der Waals surface area (Å²) in [7, 11) is 0. The fourth-order valence-electron chi connectivity index (χ4n) is 1.51. The molecule has 0 aliphatic heterocycles. The number of carbonyl (C=O) groups is 1. The van der Waals surface area contributed by atoms with Crippen LogP contribution in [-0.4, -0.2) is 12.0 Å². The van der Waals surface area contributed by atoms with Crippen LogP contribution in [0.25, 0.3) is 0 Å². The van der Waals surface area contributed by atoms with E-state index in [2.05, 4.69) is 26.2 Å². The van der Waals surface area contributed by atoms with Crippen molar-refractivity contribution in [3.63, 3.8) is 0 Å². The molecule has 1 amide bonds. The van der Waals surface area contributed by atoms with Gasteiger partial charge < -0.3 is 5.32 Å². The molecule has 2 aromatic carbocycles. The number of carbonyl (C=O) groups excluding carboxylic acids is 2. The van der Waals surface area contributed by atoms with Gasteiger partial charge in [0.1, 0.15) is 0 Å². The lowest BCUT2D eigenvalue weighted by molar-refractivity contribution is 0.102. The van der Waals surface area contributed by atoms with Crippen LogP contribution in [0.1, 0.15) is 10.4 Å². The maximum atomic E-state index is 12.0. The molecule has 19 heavy (non-hydrogen) atoms. The molecule has 0 saturated heterocycles. The standard InChI is InChI=1S/C14H9BrN2O2/c15-12-8-11(16-9-18)6-7-13(12)17-14(19)10-4-2-1-3-5-10/h1-8H,(H,17,19). The Bertz CT molecular complexity index is 650. The van der Waals surface area contributed by atoms with Crippen LogP contribution in [0.2, 0.25) is 0 Å². The number of benzene rings is 2. The molecule has 0 saturated carbocycles. The summed E-state index contributed by atoms with van der Waals surface area (Å²) in [6.07, 6.45) is 1.46. The number of anilines is 1. The first-order valence-corrected chi connectivity index (χ1v) is 6.24. The van der Waals surface area contributed by atoms with Crippen molar-refractivity contribution < 1.29 is 9.59 Å². The molecular formula is C14H9BrN2O2. The van der Waals surface area contributed by atoms with Crippen molar-refractivity contribution in [3.8, 4) is 0 Å². The second-order valence-electron chi connectivity index (χ2n) is 3.69. The summed E-state index contributed by atoms with van der Waals surface area (Å²) in [6, 6.07) is 13.8. The Hall–Kier alpha value is -2.23. The maximum absolute atomic E-state index is 12.0. The van der Waals surface area contributed by atoms with Gasteiger partial charge in [-0.2, -0.15) is 4.99 Å². The highest BCUT2D eigenvalue weighted by atomic mass is 79.9. The van der Waals surface area contributed by atoms with Crippen molar-refractivity contribution in [2.24, 2.45) is 4.99 Å². The van der Waals surface area contributed by atoms with E-state index in [1.807, 2.05) is 6.07 Å². The molecule has 0 unspecified atom stereocenters. The summed E-state index contributed by atoms with van der Waals surface area (Å²) in [6.45, 7) is 0. The first kappa shape index (κ1) is 13.2. The molecule has 5 heteroatoms. The van der Waals surface area contributed by atoms with Gasteiger partial charge in [0.25, 0.3) is 5.91 Å². The zero-order valence-corrected chi connectivity index (χ0v) is 11.3. The van der Waals surface area contributed by atoms with E-state index in [0.717, 1.165) is 0 Å². The Morgan fingerprint density at radius 3 is 2.53 bits per heavy atom. The van der Waals surface area contributed by atoms with Gasteiger partial charge in [0, 0.05) is 10.0 Å². The zero-order valence-electron chi connectivity index (χ0n) is 9.76. The summed E-state index contributed by atoms with van der Waals surface area (Å²) in [5.74, 6) is -0.201. The summed E-state index contributed by atoms with van der Waals surface area (Å²) >= 11 is 3.31.